The average molecular weight is 274 g/mol. The second kappa shape index (κ2) is 6.05. The Bertz CT molecular complexity index is 429. The van der Waals surface area contributed by atoms with Crippen molar-refractivity contribution in [3.8, 4) is 0 Å². The summed E-state index contributed by atoms with van der Waals surface area (Å²) in [6.45, 7) is 5.72. The summed E-state index contributed by atoms with van der Waals surface area (Å²) in [5.74, 6) is -0.754. The van der Waals surface area contributed by atoms with Crippen LogP contribution in [0.4, 0.5) is 10.1 Å². The Morgan fingerprint density at radius 2 is 2.11 bits per heavy atom. The highest BCUT2D eigenvalue weighted by Gasteiger charge is 2.15. The largest absolute Gasteiger partial charge is 0.460 e. The fourth-order valence-electron chi connectivity index (χ4n) is 1.32. The number of ether oxygens (including phenoxy) is 1. The maximum Gasteiger partial charge on any atom is 0.308 e. The summed E-state index contributed by atoms with van der Waals surface area (Å²) in [6.07, 6.45) is 0.180. The van der Waals surface area contributed by atoms with Crippen molar-refractivity contribution in [3.05, 3.63) is 29.0 Å². The van der Waals surface area contributed by atoms with Gasteiger partial charge in [0.15, 0.2) is 0 Å². The van der Waals surface area contributed by atoms with Gasteiger partial charge in [-0.1, -0.05) is 11.6 Å². The van der Waals surface area contributed by atoms with Gasteiger partial charge in [-0.3, -0.25) is 4.79 Å². The smallest absolute Gasteiger partial charge is 0.308 e. The molecular weight excluding hydrogens is 257 g/mol. The Hall–Kier alpha value is -1.29. The number of hydrogen-bond donors (Lipinski definition) is 1. The number of esters is 1. The quantitative estimate of drug-likeness (QED) is 0.852. The fraction of sp³-hybridized carbons (Fsp3) is 0.462. The molecule has 0 heterocycles. The molecule has 1 rings (SSSR count). The average Bonchev–Trinajstić information content (AvgIpc) is 2.18. The van der Waals surface area contributed by atoms with Gasteiger partial charge in [0.25, 0.3) is 0 Å². The van der Waals surface area contributed by atoms with E-state index in [1.807, 2.05) is 0 Å². The fourth-order valence-corrected chi connectivity index (χ4v) is 1.48. The standard InChI is InChI=1S/C13H17ClFNO2/c1-13(2,3)18-12(17)6-7-16-11-5-4-9(14)8-10(11)15/h4-5,8,16H,6-7H2,1-3H3. The summed E-state index contributed by atoms with van der Waals surface area (Å²) < 4.78 is 18.5. The van der Waals surface area contributed by atoms with Crippen LogP contribution in [0.15, 0.2) is 18.2 Å². The zero-order chi connectivity index (χ0) is 13.8. The van der Waals surface area contributed by atoms with Crippen molar-refractivity contribution in [1.82, 2.24) is 0 Å². The summed E-state index contributed by atoms with van der Waals surface area (Å²) in [6, 6.07) is 4.34. The molecule has 0 bridgehead atoms. The molecule has 0 amide bonds. The third-order valence-corrected chi connectivity index (χ3v) is 2.23. The minimum absolute atomic E-state index is 0.180. The normalized spacial score (nSPS) is 11.2. The number of benzene rings is 1. The molecule has 0 aliphatic carbocycles. The van der Waals surface area contributed by atoms with Crippen LogP contribution in [-0.2, 0) is 9.53 Å². The van der Waals surface area contributed by atoms with E-state index < -0.39 is 11.4 Å². The van der Waals surface area contributed by atoms with E-state index in [0.29, 0.717) is 17.3 Å². The van der Waals surface area contributed by atoms with Crippen LogP contribution in [0.3, 0.4) is 0 Å². The van der Waals surface area contributed by atoms with Crippen LogP contribution in [0.5, 0.6) is 0 Å². The molecule has 1 aromatic carbocycles. The number of rotatable bonds is 4. The van der Waals surface area contributed by atoms with E-state index in [1.165, 1.54) is 12.1 Å². The van der Waals surface area contributed by atoms with Gasteiger partial charge in [-0.05, 0) is 39.0 Å². The van der Waals surface area contributed by atoms with Gasteiger partial charge in [0.05, 0.1) is 12.1 Å². The van der Waals surface area contributed by atoms with Gasteiger partial charge in [0.1, 0.15) is 11.4 Å². The lowest BCUT2D eigenvalue weighted by molar-refractivity contribution is -0.154. The number of nitrogens with one attached hydrogen (secondary N) is 1. The molecule has 0 saturated heterocycles. The first-order valence-electron chi connectivity index (χ1n) is 5.69. The van der Waals surface area contributed by atoms with E-state index in [2.05, 4.69) is 5.32 Å². The van der Waals surface area contributed by atoms with Gasteiger partial charge in [-0.2, -0.15) is 0 Å². The van der Waals surface area contributed by atoms with E-state index in [4.69, 9.17) is 16.3 Å². The molecule has 100 valence electrons. The Labute approximate surface area is 111 Å². The predicted octanol–water partition coefficient (Wildman–Crippen LogP) is 3.62. The first kappa shape index (κ1) is 14.8. The maximum atomic E-state index is 13.4. The minimum atomic E-state index is -0.497. The highest BCUT2D eigenvalue weighted by molar-refractivity contribution is 6.30. The van der Waals surface area contributed by atoms with Crippen molar-refractivity contribution in [2.24, 2.45) is 0 Å². The lowest BCUT2D eigenvalue weighted by atomic mass is 10.2. The molecule has 5 heteroatoms. The molecular formula is C13H17ClFNO2. The van der Waals surface area contributed by atoms with Crippen molar-refractivity contribution >= 4 is 23.3 Å². The zero-order valence-corrected chi connectivity index (χ0v) is 11.5. The van der Waals surface area contributed by atoms with Crippen LogP contribution in [0.25, 0.3) is 0 Å². The first-order valence-corrected chi connectivity index (χ1v) is 6.06. The van der Waals surface area contributed by atoms with Crippen molar-refractivity contribution < 1.29 is 13.9 Å². The molecule has 0 unspecified atom stereocenters. The van der Waals surface area contributed by atoms with Gasteiger partial charge in [-0.15, -0.1) is 0 Å². The van der Waals surface area contributed by atoms with Crippen molar-refractivity contribution in [2.45, 2.75) is 32.8 Å². The number of halogens is 2. The molecule has 0 aromatic heterocycles. The van der Waals surface area contributed by atoms with Crippen LogP contribution in [0, 0.1) is 5.82 Å². The van der Waals surface area contributed by atoms with Crippen LogP contribution >= 0.6 is 11.6 Å². The molecule has 0 spiro atoms. The molecule has 0 aliphatic rings. The van der Waals surface area contributed by atoms with Crippen molar-refractivity contribution in [2.75, 3.05) is 11.9 Å². The summed E-state index contributed by atoms with van der Waals surface area (Å²) in [7, 11) is 0. The lowest BCUT2D eigenvalue weighted by Crippen LogP contribution is -2.25. The lowest BCUT2D eigenvalue weighted by Gasteiger charge is -2.19. The Morgan fingerprint density at radius 1 is 1.44 bits per heavy atom. The van der Waals surface area contributed by atoms with E-state index in [1.54, 1.807) is 26.8 Å². The number of anilines is 1. The van der Waals surface area contributed by atoms with E-state index in [9.17, 15) is 9.18 Å². The van der Waals surface area contributed by atoms with Crippen LogP contribution in [0.1, 0.15) is 27.2 Å². The Balaban J connectivity index is 2.40. The summed E-state index contributed by atoms with van der Waals surface area (Å²) in [5, 5.41) is 3.16. The molecule has 0 fully saturated rings. The van der Waals surface area contributed by atoms with Gasteiger partial charge in [-0.25, -0.2) is 4.39 Å². The number of carbonyl (C=O) groups is 1. The number of carbonyl (C=O) groups excluding carboxylic acids is 1. The third-order valence-electron chi connectivity index (χ3n) is 2.00. The monoisotopic (exact) mass is 273 g/mol. The topological polar surface area (TPSA) is 38.3 Å². The van der Waals surface area contributed by atoms with Gasteiger partial charge >= 0.3 is 5.97 Å². The van der Waals surface area contributed by atoms with Gasteiger partial charge in [0.2, 0.25) is 0 Å². The summed E-state index contributed by atoms with van der Waals surface area (Å²) >= 11 is 5.63. The van der Waals surface area contributed by atoms with E-state index >= 15 is 0 Å². The molecule has 18 heavy (non-hydrogen) atoms. The molecule has 0 radical (unpaired) electrons. The second-order valence-corrected chi connectivity index (χ2v) is 5.32. The Morgan fingerprint density at radius 3 is 2.67 bits per heavy atom. The van der Waals surface area contributed by atoms with Crippen molar-refractivity contribution in [3.63, 3.8) is 0 Å². The zero-order valence-electron chi connectivity index (χ0n) is 10.7. The van der Waals surface area contributed by atoms with E-state index in [0.717, 1.165) is 0 Å². The second-order valence-electron chi connectivity index (χ2n) is 4.89. The molecule has 0 aliphatic heterocycles. The van der Waals surface area contributed by atoms with Gasteiger partial charge in [0, 0.05) is 11.6 Å². The molecule has 1 aromatic rings. The molecule has 1 N–H and O–H groups in total. The minimum Gasteiger partial charge on any atom is -0.460 e. The van der Waals surface area contributed by atoms with Gasteiger partial charge < -0.3 is 10.1 Å². The predicted molar refractivity (Wildman–Crippen MR) is 70.4 cm³/mol. The third kappa shape index (κ3) is 5.36. The van der Waals surface area contributed by atoms with Crippen molar-refractivity contribution in [1.29, 1.82) is 0 Å². The maximum absolute atomic E-state index is 13.4. The molecule has 0 saturated carbocycles. The summed E-state index contributed by atoms with van der Waals surface area (Å²) in [5.41, 5.74) is -0.175. The highest BCUT2D eigenvalue weighted by atomic mass is 35.5. The first-order chi connectivity index (χ1) is 8.28. The SMILES string of the molecule is CC(C)(C)OC(=O)CCNc1ccc(Cl)cc1F. The highest BCUT2D eigenvalue weighted by Crippen LogP contribution is 2.18. The van der Waals surface area contributed by atoms with Crippen LogP contribution < -0.4 is 5.32 Å². The van der Waals surface area contributed by atoms with E-state index in [-0.39, 0.29) is 12.4 Å². The van der Waals surface area contributed by atoms with Crippen LogP contribution in [0.2, 0.25) is 5.02 Å². The summed E-state index contributed by atoms with van der Waals surface area (Å²) in [4.78, 5) is 11.4. The Kier molecular flexibility index (Phi) is 4.96. The molecule has 0 atom stereocenters. The molecule has 3 nitrogen and oxygen atoms in total. The van der Waals surface area contributed by atoms with Crippen LogP contribution in [-0.4, -0.2) is 18.1 Å². The number of hydrogen-bond acceptors (Lipinski definition) is 3.